The standard InChI is InChI=1S/C57H36N4O/c1-4-14-37(15-5-1)39-26-28-42(29-27-39)56-58-55(41-18-8-3-9-19-41)59-57(60-56)47-23-13-25-52-54(47)49-35-48-46-22-10-11-24-50(46)61(51(48)36-53(49)62-52)45-32-30-40(31-33-45)44-21-12-20-43(34-44)38-16-6-2-7-17-38/h1-36H. The Morgan fingerprint density at radius 1 is 0.306 bits per heavy atom. The minimum absolute atomic E-state index is 0.589. The maximum Gasteiger partial charge on any atom is 0.164 e. The molecule has 0 bridgehead atoms. The van der Waals surface area contributed by atoms with Crippen LogP contribution in [0.25, 0.3) is 117 Å². The number of nitrogens with zero attached hydrogens (tertiary/aromatic N) is 4. The highest BCUT2D eigenvalue weighted by molar-refractivity contribution is 6.19. The van der Waals surface area contributed by atoms with Crippen molar-refractivity contribution >= 4 is 43.7 Å². The van der Waals surface area contributed by atoms with Crippen molar-refractivity contribution in [3.8, 4) is 73.2 Å². The molecule has 0 N–H and O–H groups in total. The van der Waals surface area contributed by atoms with E-state index in [0.717, 1.165) is 71.9 Å². The van der Waals surface area contributed by atoms with Crippen LogP contribution in [0.1, 0.15) is 0 Å². The number of fused-ring (bicyclic) bond motifs is 6. The van der Waals surface area contributed by atoms with Crippen LogP contribution in [0.15, 0.2) is 223 Å². The van der Waals surface area contributed by atoms with Crippen LogP contribution in [0.2, 0.25) is 0 Å². The Morgan fingerprint density at radius 2 is 0.806 bits per heavy atom. The lowest BCUT2D eigenvalue weighted by Crippen LogP contribution is -2.00. The highest BCUT2D eigenvalue weighted by Crippen LogP contribution is 2.42. The fourth-order valence-electron chi connectivity index (χ4n) is 8.85. The molecular weight excluding hydrogens is 757 g/mol. The molecular formula is C57H36N4O. The van der Waals surface area contributed by atoms with Gasteiger partial charge in [-0.05, 0) is 69.8 Å². The van der Waals surface area contributed by atoms with E-state index >= 15 is 0 Å². The first-order valence-corrected chi connectivity index (χ1v) is 20.8. The van der Waals surface area contributed by atoms with Gasteiger partial charge in [0.25, 0.3) is 0 Å². The van der Waals surface area contributed by atoms with Gasteiger partial charge in [0.1, 0.15) is 11.2 Å². The minimum atomic E-state index is 0.589. The lowest BCUT2D eigenvalue weighted by atomic mass is 9.99. The third-order valence-corrected chi connectivity index (χ3v) is 11.9. The number of furan rings is 1. The summed E-state index contributed by atoms with van der Waals surface area (Å²) in [6.45, 7) is 0. The number of aromatic nitrogens is 4. The molecule has 12 rings (SSSR count). The summed E-state index contributed by atoms with van der Waals surface area (Å²) in [6.07, 6.45) is 0. The van der Waals surface area contributed by atoms with E-state index in [1.807, 2.05) is 48.5 Å². The van der Waals surface area contributed by atoms with E-state index < -0.39 is 0 Å². The normalized spacial score (nSPS) is 11.5. The highest BCUT2D eigenvalue weighted by atomic mass is 16.3. The predicted molar refractivity (Wildman–Crippen MR) is 254 cm³/mol. The van der Waals surface area contributed by atoms with Gasteiger partial charge in [-0.1, -0.05) is 176 Å². The molecule has 62 heavy (non-hydrogen) atoms. The third kappa shape index (κ3) is 6.14. The number of hydrogen-bond donors (Lipinski definition) is 0. The molecule has 0 fully saturated rings. The van der Waals surface area contributed by atoms with Crippen LogP contribution in [0.3, 0.4) is 0 Å². The van der Waals surface area contributed by atoms with Gasteiger partial charge in [0.05, 0.1) is 11.0 Å². The summed E-state index contributed by atoms with van der Waals surface area (Å²) >= 11 is 0. The number of para-hydroxylation sites is 1. The zero-order valence-electron chi connectivity index (χ0n) is 33.5. The average Bonchev–Trinajstić information content (AvgIpc) is 3.89. The summed E-state index contributed by atoms with van der Waals surface area (Å²) in [4.78, 5) is 15.3. The van der Waals surface area contributed by atoms with Gasteiger partial charge in [-0.15, -0.1) is 0 Å². The number of rotatable bonds is 7. The molecule has 0 amide bonds. The summed E-state index contributed by atoms with van der Waals surface area (Å²) in [5.41, 5.74) is 14.6. The van der Waals surface area contributed by atoms with Gasteiger partial charge < -0.3 is 8.98 Å². The van der Waals surface area contributed by atoms with Crippen LogP contribution in [0.5, 0.6) is 0 Å². The van der Waals surface area contributed by atoms with Crippen LogP contribution in [-0.4, -0.2) is 19.5 Å². The van der Waals surface area contributed by atoms with Crippen molar-refractivity contribution in [3.63, 3.8) is 0 Å². The molecule has 3 heterocycles. The van der Waals surface area contributed by atoms with Gasteiger partial charge in [0, 0.05) is 50.0 Å². The maximum atomic E-state index is 6.73. The van der Waals surface area contributed by atoms with Gasteiger partial charge in [0.15, 0.2) is 17.5 Å². The van der Waals surface area contributed by atoms with E-state index in [2.05, 4.69) is 174 Å². The summed E-state index contributed by atoms with van der Waals surface area (Å²) in [7, 11) is 0. The summed E-state index contributed by atoms with van der Waals surface area (Å²) in [5.74, 6) is 1.81. The molecule has 9 aromatic carbocycles. The van der Waals surface area contributed by atoms with E-state index in [4.69, 9.17) is 19.4 Å². The van der Waals surface area contributed by atoms with Crippen LogP contribution in [0.4, 0.5) is 0 Å². The number of hydrogen-bond acceptors (Lipinski definition) is 4. The van der Waals surface area contributed by atoms with Crippen LogP contribution in [-0.2, 0) is 0 Å². The molecule has 0 aliphatic carbocycles. The highest BCUT2D eigenvalue weighted by Gasteiger charge is 2.21. The SMILES string of the molecule is c1ccc(-c2ccc(-c3nc(-c4ccccc4)nc(-c4cccc5oc6cc7c(cc6c45)c4ccccc4n7-c4ccc(-c5cccc(-c6ccccc6)c5)cc4)n3)cc2)cc1. The molecule has 3 aromatic heterocycles. The van der Waals surface area contributed by atoms with Gasteiger partial charge >= 0.3 is 0 Å². The molecule has 0 saturated heterocycles. The Labute approximate surface area is 357 Å². The Bertz CT molecular complexity index is 3590. The summed E-state index contributed by atoms with van der Waals surface area (Å²) in [6, 6.07) is 76.3. The monoisotopic (exact) mass is 792 g/mol. The molecule has 0 atom stereocenters. The summed E-state index contributed by atoms with van der Waals surface area (Å²) in [5, 5.41) is 4.29. The van der Waals surface area contributed by atoms with Gasteiger partial charge in [-0.3, -0.25) is 0 Å². The second-order valence-electron chi connectivity index (χ2n) is 15.6. The van der Waals surface area contributed by atoms with Crippen LogP contribution < -0.4 is 0 Å². The van der Waals surface area contributed by atoms with Crippen molar-refractivity contribution in [2.45, 2.75) is 0 Å². The maximum absolute atomic E-state index is 6.73. The summed E-state index contributed by atoms with van der Waals surface area (Å²) < 4.78 is 9.08. The molecule has 290 valence electrons. The van der Waals surface area contributed by atoms with Gasteiger partial charge in [0.2, 0.25) is 0 Å². The molecule has 0 aliphatic rings. The topological polar surface area (TPSA) is 56.7 Å². The van der Waals surface area contributed by atoms with E-state index in [9.17, 15) is 0 Å². The quantitative estimate of drug-likeness (QED) is 0.161. The van der Waals surface area contributed by atoms with Crippen molar-refractivity contribution in [2.75, 3.05) is 0 Å². The molecule has 12 aromatic rings. The molecule has 5 nitrogen and oxygen atoms in total. The lowest BCUT2D eigenvalue weighted by molar-refractivity contribution is 0.669. The van der Waals surface area contributed by atoms with Gasteiger partial charge in [-0.2, -0.15) is 0 Å². The lowest BCUT2D eigenvalue weighted by Gasteiger charge is -2.10. The van der Waals surface area contributed by atoms with E-state index in [0.29, 0.717) is 17.5 Å². The Morgan fingerprint density at radius 3 is 1.50 bits per heavy atom. The van der Waals surface area contributed by atoms with Crippen molar-refractivity contribution in [1.82, 2.24) is 19.5 Å². The zero-order chi connectivity index (χ0) is 41.0. The van der Waals surface area contributed by atoms with E-state index in [-0.39, 0.29) is 0 Å². The largest absolute Gasteiger partial charge is 0.456 e. The minimum Gasteiger partial charge on any atom is -0.456 e. The van der Waals surface area contributed by atoms with Crippen molar-refractivity contribution in [2.24, 2.45) is 0 Å². The van der Waals surface area contributed by atoms with E-state index in [1.165, 1.54) is 27.6 Å². The van der Waals surface area contributed by atoms with Crippen molar-refractivity contribution in [1.29, 1.82) is 0 Å². The number of benzene rings is 9. The second-order valence-corrected chi connectivity index (χ2v) is 15.6. The predicted octanol–water partition coefficient (Wildman–Crippen LogP) is 14.9. The van der Waals surface area contributed by atoms with Crippen molar-refractivity contribution < 1.29 is 4.42 Å². The molecule has 0 aliphatic heterocycles. The van der Waals surface area contributed by atoms with Crippen molar-refractivity contribution in [3.05, 3.63) is 218 Å². The van der Waals surface area contributed by atoms with Crippen LogP contribution >= 0.6 is 0 Å². The first kappa shape index (κ1) is 35.5. The zero-order valence-corrected chi connectivity index (χ0v) is 33.5. The second kappa shape index (κ2) is 14.7. The molecule has 0 saturated carbocycles. The molecule has 5 heteroatoms. The Hall–Kier alpha value is -8.41. The Balaban J connectivity index is 0.990. The third-order valence-electron chi connectivity index (χ3n) is 11.9. The first-order valence-electron chi connectivity index (χ1n) is 20.8. The van der Waals surface area contributed by atoms with E-state index in [1.54, 1.807) is 0 Å². The smallest absolute Gasteiger partial charge is 0.164 e. The average molecular weight is 793 g/mol. The van der Waals surface area contributed by atoms with Gasteiger partial charge in [-0.25, -0.2) is 15.0 Å². The Kier molecular flexibility index (Phi) is 8.42. The molecule has 0 radical (unpaired) electrons. The molecule has 0 spiro atoms. The van der Waals surface area contributed by atoms with Crippen LogP contribution in [0, 0.1) is 0 Å². The molecule has 0 unspecified atom stereocenters. The fourth-order valence-corrected chi connectivity index (χ4v) is 8.85. The first-order chi connectivity index (χ1) is 30.7. The fraction of sp³-hybridized carbons (Fsp3) is 0.